The lowest BCUT2D eigenvalue weighted by atomic mass is 10.2. The first-order chi connectivity index (χ1) is 9.74. The van der Waals surface area contributed by atoms with Crippen molar-refractivity contribution in [1.82, 2.24) is 15.3 Å². The van der Waals surface area contributed by atoms with Crippen molar-refractivity contribution < 1.29 is 4.79 Å². The molecule has 1 aromatic carbocycles. The molecule has 0 aliphatic rings. The van der Waals surface area contributed by atoms with Gasteiger partial charge in [0.15, 0.2) is 0 Å². The van der Waals surface area contributed by atoms with Gasteiger partial charge in [-0.3, -0.25) is 4.79 Å². The van der Waals surface area contributed by atoms with Gasteiger partial charge in [-0.2, -0.15) is 4.98 Å². The molecule has 1 aromatic heterocycles. The summed E-state index contributed by atoms with van der Waals surface area (Å²) in [6, 6.07) is 7.72. The second-order valence-corrected chi connectivity index (χ2v) is 4.25. The minimum absolute atomic E-state index is 0.0554. The number of nitrogens with zero attached hydrogens (tertiary/aromatic N) is 2. The Kier molecular flexibility index (Phi) is 4.70. The molecule has 20 heavy (non-hydrogen) atoms. The largest absolute Gasteiger partial charge is 0.360 e. The molecular formula is C14H19N5O. The second kappa shape index (κ2) is 6.70. The number of carbonyl (C=O) groups is 1. The molecule has 0 saturated heterocycles. The average molecular weight is 273 g/mol. The summed E-state index contributed by atoms with van der Waals surface area (Å²) in [5, 5.41) is 9.80. The van der Waals surface area contributed by atoms with Crippen molar-refractivity contribution in [2.75, 3.05) is 30.3 Å². The van der Waals surface area contributed by atoms with Crippen LogP contribution in [0.4, 0.5) is 11.8 Å². The summed E-state index contributed by atoms with van der Waals surface area (Å²) < 4.78 is 0. The first kappa shape index (κ1) is 14.0. The number of hydrogen-bond donors (Lipinski definition) is 3. The van der Waals surface area contributed by atoms with Gasteiger partial charge in [0.1, 0.15) is 5.82 Å². The van der Waals surface area contributed by atoms with Crippen LogP contribution in [0.2, 0.25) is 0 Å². The van der Waals surface area contributed by atoms with E-state index in [4.69, 9.17) is 0 Å². The minimum atomic E-state index is -0.0554. The molecule has 2 aromatic rings. The van der Waals surface area contributed by atoms with Gasteiger partial charge in [0.05, 0.1) is 12.1 Å². The van der Waals surface area contributed by atoms with Crippen LogP contribution in [-0.2, 0) is 4.79 Å². The molecular weight excluding hydrogens is 254 g/mol. The van der Waals surface area contributed by atoms with Crippen LogP contribution in [-0.4, -0.2) is 35.5 Å². The van der Waals surface area contributed by atoms with Crippen molar-refractivity contribution in [2.24, 2.45) is 0 Å². The molecule has 0 bridgehead atoms. The van der Waals surface area contributed by atoms with Gasteiger partial charge in [0.25, 0.3) is 0 Å². The Morgan fingerprint density at radius 3 is 2.65 bits per heavy atom. The number of amides is 1. The average Bonchev–Trinajstić information content (AvgIpc) is 2.45. The number of fused-ring (bicyclic) bond motifs is 1. The fraction of sp³-hybridized carbons (Fsp3) is 0.357. The van der Waals surface area contributed by atoms with Gasteiger partial charge in [-0.05, 0) is 26.0 Å². The summed E-state index contributed by atoms with van der Waals surface area (Å²) in [6.07, 6.45) is 0. The summed E-state index contributed by atoms with van der Waals surface area (Å²) in [7, 11) is 0. The van der Waals surface area contributed by atoms with Gasteiger partial charge in [-0.1, -0.05) is 12.1 Å². The topological polar surface area (TPSA) is 78.9 Å². The first-order valence-corrected chi connectivity index (χ1v) is 6.75. The summed E-state index contributed by atoms with van der Waals surface area (Å²) in [4.78, 5) is 20.4. The fourth-order valence-electron chi connectivity index (χ4n) is 1.87. The lowest BCUT2D eigenvalue weighted by molar-refractivity contribution is -0.119. The number of likely N-dealkylation sites (N-methyl/N-ethyl adjacent to an activating group) is 1. The Balaban J connectivity index is 2.27. The van der Waals surface area contributed by atoms with Gasteiger partial charge in [0, 0.05) is 18.5 Å². The molecule has 0 spiro atoms. The highest BCUT2D eigenvalue weighted by Crippen LogP contribution is 2.21. The molecule has 106 valence electrons. The van der Waals surface area contributed by atoms with Crippen molar-refractivity contribution in [3.8, 4) is 0 Å². The number of aromatic nitrogens is 2. The molecule has 0 aliphatic carbocycles. The molecule has 6 nitrogen and oxygen atoms in total. The summed E-state index contributed by atoms with van der Waals surface area (Å²) >= 11 is 0. The van der Waals surface area contributed by atoms with E-state index in [1.54, 1.807) is 0 Å². The van der Waals surface area contributed by atoms with E-state index in [1.165, 1.54) is 0 Å². The normalized spacial score (nSPS) is 10.3. The Hall–Kier alpha value is -2.37. The molecule has 0 atom stereocenters. The molecule has 0 aliphatic heterocycles. The van der Waals surface area contributed by atoms with Crippen LogP contribution in [0.5, 0.6) is 0 Å². The molecule has 0 unspecified atom stereocenters. The number of carbonyl (C=O) groups excluding carboxylic acids is 1. The molecule has 1 amide bonds. The number of anilines is 2. The summed E-state index contributed by atoms with van der Waals surface area (Å²) in [5.74, 6) is 1.17. The standard InChI is InChI=1S/C14H19N5O/c1-3-15-12(20)9-17-13-10-7-5-6-8-11(10)18-14(19-13)16-4-2/h5-8H,3-4,9H2,1-2H3,(H,15,20)(H2,16,17,18,19). The highest BCUT2D eigenvalue weighted by molar-refractivity contribution is 5.91. The van der Waals surface area contributed by atoms with Gasteiger partial charge < -0.3 is 16.0 Å². The second-order valence-electron chi connectivity index (χ2n) is 4.25. The number of benzene rings is 1. The highest BCUT2D eigenvalue weighted by atomic mass is 16.1. The van der Waals surface area contributed by atoms with E-state index >= 15 is 0 Å². The van der Waals surface area contributed by atoms with Crippen molar-refractivity contribution >= 4 is 28.6 Å². The zero-order valence-electron chi connectivity index (χ0n) is 11.7. The summed E-state index contributed by atoms with van der Waals surface area (Å²) in [5.41, 5.74) is 0.844. The van der Waals surface area contributed by atoms with Crippen molar-refractivity contribution in [3.63, 3.8) is 0 Å². The van der Waals surface area contributed by atoms with Crippen LogP contribution in [0.3, 0.4) is 0 Å². The van der Waals surface area contributed by atoms with Crippen LogP contribution < -0.4 is 16.0 Å². The Morgan fingerprint density at radius 2 is 1.90 bits per heavy atom. The third-order valence-electron chi connectivity index (χ3n) is 2.73. The predicted octanol–water partition coefficient (Wildman–Crippen LogP) is 1.61. The summed E-state index contributed by atoms with van der Waals surface area (Å²) in [6.45, 7) is 5.43. The van der Waals surface area contributed by atoms with E-state index < -0.39 is 0 Å². The third-order valence-corrected chi connectivity index (χ3v) is 2.73. The monoisotopic (exact) mass is 273 g/mol. The maximum absolute atomic E-state index is 11.5. The van der Waals surface area contributed by atoms with Gasteiger partial charge in [-0.25, -0.2) is 4.98 Å². The third kappa shape index (κ3) is 3.34. The highest BCUT2D eigenvalue weighted by Gasteiger charge is 2.08. The molecule has 3 N–H and O–H groups in total. The Labute approximate surface area is 118 Å². The van der Waals surface area contributed by atoms with Crippen molar-refractivity contribution in [3.05, 3.63) is 24.3 Å². The number of para-hydroxylation sites is 1. The zero-order chi connectivity index (χ0) is 14.4. The maximum Gasteiger partial charge on any atom is 0.239 e. The van der Waals surface area contributed by atoms with Crippen LogP contribution in [0.25, 0.3) is 10.9 Å². The van der Waals surface area contributed by atoms with E-state index in [9.17, 15) is 4.79 Å². The fourth-order valence-corrected chi connectivity index (χ4v) is 1.87. The molecule has 6 heteroatoms. The van der Waals surface area contributed by atoms with Gasteiger partial charge >= 0.3 is 0 Å². The van der Waals surface area contributed by atoms with Crippen LogP contribution in [0.15, 0.2) is 24.3 Å². The lowest BCUT2D eigenvalue weighted by Gasteiger charge is -2.11. The first-order valence-electron chi connectivity index (χ1n) is 6.75. The van der Waals surface area contributed by atoms with E-state index in [0.717, 1.165) is 17.4 Å². The molecule has 1 heterocycles. The van der Waals surface area contributed by atoms with E-state index in [1.807, 2.05) is 38.1 Å². The minimum Gasteiger partial charge on any atom is -0.360 e. The lowest BCUT2D eigenvalue weighted by Crippen LogP contribution is -2.29. The Bertz CT molecular complexity index is 599. The zero-order valence-corrected chi connectivity index (χ0v) is 11.7. The molecule has 2 rings (SSSR count). The van der Waals surface area contributed by atoms with Crippen molar-refractivity contribution in [1.29, 1.82) is 0 Å². The van der Waals surface area contributed by atoms with Crippen LogP contribution in [0, 0.1) is 0 Å². The predicted molar refractivity (Wildman–Crippen MR) is 80.9 cm³/mol. The van der Waals surface area contributed by atoms with Gasteiger partial charge in [0.2, 0.25) is 11.9 Å². The number of nitrogens with one attached hydrogen (secondary N) is 3. The van der Waals surface area contributed by atoms with Gasteiger partial charge in [-0.15, -0.1) is 0 Å². The van der Waals surface area contributed by atoms with Crippen LogP contribution >= 0.6 is 0 Å². The maximum atomic E-state index is 11.5. The SMILES string of the molecule is CCNC(=O)CNc1nc(NCC)nc2ccccc12. The van der Waals surface area contributed by atoms with Crippen LogP contribution in [0.1, 0.15) is 13.8 Å². The molecule has 0 saturated carbocycles. The molecule has 0 radical (unpaired) electrons. The number of hydrogen-bond acceptors (Lipinski definition) is 5. The quantitative estimate of drug-likeness (QED) is 0.745. The molecule has 0 fully saturated rings. The van der Waals surface area contributed by atoms with E-state index in [2.05, 4.69) is 25.9 Å². The van der Waals surface area contributed by atoms with E-state index in [0.29, 0.717) is 18.3 Å². The Morgan fingerprint density at radius 1 is 1.10 bits per heavy atom. The number of rotatable bonds is 6. The van der Waals surface area contributed by atoms with E-state index in [-0.39, 0.29) is 12.5 Å². The smallest absolute Gasteiger partial charge is 0.239 e. The van der Waals surface area contributed by atoms with Crippen molar-refractivity contribution in [2.45, 2.75) is 13.8 Å².